The fourth-order valence-corrected chi connectivity index (χ4v) is 0.448. The first-order valence-electron chi connectivity index (χ1n) is 3.27. The number of aliphatic carboxylic acids is 1. The first kappa shape index (κ1) is 11.2. The summed E-state index contributed by atoms with van der Waals surface area (Å²) in [6.07, 6.45) is 0.312. The lowest BCUT2D eigenvalue weighted by Gasteiger charge is -2.07. The van der Waals surface area contributed by atoms with Crippen LogP contribution in [0.25, 0.3) is 0 Å². The van der Waals surface area contributed by atoms with Crippen molar-refractivity contribution in [2.45, 2.75) is 13.2 Å². The number of carbonyl (C=O) groups is 3. The van der Waals surface area contributed by atoms with E-state index in [2.05, 4.69) is 9.47 Å². The molecule has 72 valence electrons. The molecule has 0 saturated heterocycles. The lowest BCUT2D eigenvalue weighted by Crippen LogP contribution is -2.16. The third-order valence-corrected chi connectivity index (χ3v) is 0.891. The summed E-state index contributed by atoms with van der Waals surface area (Å²) in [6.45, 7) is 1.44. The zero-order valence-electron chi connectivity index (χ0n) is 6.80. The molecule has 1 N–H and O–H groups in total. The van der Waals surface area contributed by atoms with Crippen LogP contribution in [0.2, 0.25) is 0 Å². The molecule has 6 heteroatoms. The van der Waals surface area contributed by atoms with Gasteiger partial charge in [-0.15, -0.1) is 0 Å². The van der Waals surface area contributed by atoms with Gasteiger partial charge >= 0.3 is 11.9 Å². The molecule has 0 bridgehead atoms. The van der Waals surface area contributed by atoms with E-state index in [1.165, 1.54) is 6.92 Å². The van der Waals surface area contributed by atoms with Crippen molar-refractivity contribution in [1.82, 2.24) is 0 Å². The zero-order valence-corrected chi connectivity index (χ0v) is 6.80. The maximum atomic E-state index is 10.7. The minimum Gasteiger partial charge on any atom is -0.478 e. The molecule has 1 unspecified atom stereocenters. The van der Waals surface area contributed by atoms with Crippen LogP contribution in [-0.2, 0) is 23.9 Å². The normalized spacial score (nSPS) is 12.1. The Morgan fingerprint density at radius 1 is 1.38 bits per heavy atom. The smallest absolute Gasteiger partial charge is 0.334 e. The molecular formula is C7H8O6. The number of esters is 1. The molecule has 0 spiro atoms. The SMILES string of the molecule is CC(OC=O)OC(=O)C=CC(=O)O. The Balaban J connectivity index is 3.86. The highest BCUT2D eigenvalue weighted by molar-refractivity contribution is 5.90. The van der Waals surface area contributed by atoms with Crippen LogP contribution < -0.4 is 0 Å². The molecule has 0 aromatic heterocycles. The van der Waals surface area contributed by atoms with Crippen LogP contribution in [0.15, 0.2) is 12.2 Å². The highest BCUT2D eigenvalue weighted by atomic mass is 16.7. The second-order valence-electron chi connectivity index (χ2n) is 1.91. The van der Waals surface area contributed by atoms with Crippen LogP contribution in [0.5, 0.6) is 0 Å². The van der Waals surface area contributed by atoms with Gasteiger partial charge in [0.25, 0.3) is 6.47 Å². The summed E-state index contributed by atoms with van der Waals surface area (Å²) < 4.78 is 8.61. The van der Waals surface area contributed by atoms with E-state index in [0.29, 0.717) is 12.2 Å². The van der Waals surface area contributed by atoms with Gasteiger partial charge in [0.15, 0.2) is 0 Å². The quantitative estimate of drug-likeness (QED) is 0.275. The van der Waals surface area contributed by atoms with Crippen LogP contribution >= 0.6 is 0 Å². The van der Waals surface area contributed by atoms with E-state index in [1.807, 2.05) is 0 Å². The third kappa shape index (κ3) is 6.54. The Bertz CT molecular complexity index is 231. The number of hydrogen-bond donors (Lipinski definition) is 1. The molecule has 0 aromatic rings. The van der Waals surface area contributed by atoms with Crippen molar-refractivity contribution in [1.29, 1.82) is 0 Å². The van der Waals surface area contributed by atoms with E-state index in [1.54, 1.807) is 0 Å². The second-order valence-corrected chi connectivity index (χ2v) is 1.91. The summed E-state index contributed by atoms with van der Waals surface area (Å²) >= 11 is 0. The van der Waals surface area contributed by atoms with Gasteiger partial charge in [-0.3, -0.25) is 4.79 Å². The Kier molecular flexibility index (Phi) is 4.94. The van der Waals surface area contributed by atoms with Crippen LogP contribution in [0.4, 0.5) is 0 Å². The van der Waals surface area contributed by atoms with Gasteiger partial charge in [0.05, 0.1) is 0 Å². The number of carbonyl (C=O) groups excluding carboxylic acids is 2. The van der Waals surface area contributed by atoms with Gasteiger partial charge in [0, 0.05) is 19.1 Å². The average Bonchev–Trinajstić information content (AvgIpc) is 2.01. The highest BCUT2D eigenvalue weighted by Gasteiger charge is 2.05. The number of hydrogen-bond acceptors (Lipinski definition) is 5. The van der Waals surface area contributed by atoms with Crippen molar-refractivity contribution in [2.24, 2.45) is 0 Å². The number of rotatable bonds is 5. The summed E-state index contributed by atoms with van der Waals surface area (Å²) in [4.78, 5) is 30.3. The number of ether oxygens (including phenoxy) is 2. The van der Waals surface area contributed by atoms with Gasteiger partial charge in [0.1, 0.15) is 0 Å². The fourth-order valence-electron chi connectivity index (χ4n) is 0.448. The molecule has 6 nitrogen and oxygen atoms in total. The summed E-state index contributed by atoms with van der Waals surface area (Å²) in [6, 6.07) is 0. The molecule has 0 saturated carbocycles. The van der Waals surface area contributed by atoms with Gasteiger partial charge in [-0.05, 0) is 0 Å². The first-order valence-corrected chi connectivity index (χ1v) is 3.27. The monoisotopic (exact) mass is 188 g/mol. The van der Waals surface area contributed by atoms with Gasteiger partial charge in [-0.25, -0.2) is 9.59 Å². The summed E-state index contributed by atoms with van der Waals surface area (Å²) in [5.74, 6) is -2.15. The Morgan fingerprint density at radius 2 is 2.00 bits per heavy atom. The molecule has 0 radical (unpaired) electrons. The third-order valence-electron chi connectivity index (χ3n) is 0.891. The van der Waals surface area contributed by atoms with Gasteiger partial charge in [0.2, 0.25) is 6.29 Å². The maximum Gasteiger partial charge on any atom is 0.334 e. The minimum atomic E-state index is -1.26. The van der Waals surface area contributed by atoms with E-state index in [9.17, 15) is 14.4 Å². The molecule has 0 aliphatic rings. The van der Waals surface area contributed by atoms with Crippen molar-refractivity contribution in [2.75, 3.05) is 0 Å². The number of carboxylic acids is 1. The Labute approximate surface area is 73.7 Å². The van der Waals surface area contributed by atoms with E-state index in [0.717, 1.165) is 0 Å². The lowest BCUT2D eigenvalue weighted by atomic mass is 10.5. The summed E-state index contributed by atoms with van der Waals surface area (Å²) in [5.41, 5.74) is 0. The predicted octanol–water partition coefficient (Wildman–Crippen LogP) is -0.311. The van der Waals surface area contributed by atoms with Gasteiger partial charge in [-0.1, -0.05) is 0 Å². The van der Waals surface area contributed by atoms with Crippen LogP contribution in [0, 0.1) is 0 Å². The van der Waals surface area contributed by atoms with E-state index in [4.69, 9.17) is 5.11 Å². The first-order chi connectivity index (χ1) is 6.06. The molecular weight excluding hydrogens is 180 g/mol. The molecule has 0 aromatic carbocycles. The fraction of sp³-hybridized carbons (Fsp3) is 0.286. The minimum absolute atomic E-state index is 0.124. The molecule has 0 rings (SSSR count). The predicted molar refractivity (Wildman–Crippen MR) is 39.5 cm³/mol. The van der Waals surface area contributed by atoms with E-state index in [-0.39, 0.29) is 6.47 Å². The number of carboxylic acid groups (broad SMARTS) is 1. The standard InChI is InChI=1S/C7H8O6/c1-5(12-4-8)13-7(11)3-2-6(9)10/h2-5H,1H3,(H,9,10). The van der Waals surface area contributed by atoms with Crippen molar-refractivity contribution in [3.8, 4) is 0 Å². The summed E-state index contributed by atoms with van der Waals surface area (Å²) in [7, 11) is 0. The molecule has 0 heterocycles. The Hall–Kier alpha value is -1.85. The molecule has 0 aliphatic carbocycles. The van der Waals surface area contributed by atoms with Crippen molar-refractivity contribution in [3.63, 3.8) is 0 Å². The molecule has 0 aliphatic heterocycles. The van der Waals surface area contributed by atoms with Crippen molar-refractivity contribution in [3.05, 3.63) is 12.2 Å². The van der Waals surface area contributed by atoms with Crippen LogP contribution in [0.3, 0.4) is 0 Å². The van der Waals surface area contributed by atoms with E-state index >= 15 is 0 Å². The highest BCUT2D eigenvalue weighted by Crippen LogP contribution is 1.92. The second kappa shape index (κ2) is 5.76. The van der Waals surface area contributed by atoms with Crippen molar-refractivity contribution < 1.29 is 29.0 Å². The maximum absolute atomic E-state index is 10.7. The van der Waals surface area contributed by atoms with Crippen molar-refractivity contribution >= 4 is 18.4 Å². The molecule has 13 heavy (non-hydrogen) atoms. The lowest BCUT2D eigenvalue weighted by molar-refractivity contribution is -0.172. The largest absolute Gasteiger partial charge is 0.478 e. The topological polar surface area (TPSA) is 89.9 Å². The van der Waals surface area contributed by atoms with Gasteiger partial charge < -0.3 is 14.6 Å². The molecule has 0 amide bonds. The van der Waals surface area contributed by atoms with E-state index < -0.39 is 18.2 Å². The van der Waals surface area contributed by atoms with Gasteiger partial charge in [-0.2, -0.15) is 0 Å². The van der Waals surface area contributed by atoms with Crippen LogP contribution in [-0.4, -0.2) is 29.8 Å². The zero-order chi connectivity index (χ0) is 10.3. The average molecular weight is 188 g/mol. The van der Waals surface area contributed by atoms with Crippen LogP contribution in [0.1, 0.15) is 6.92 Å². The summed E-state index contributed by atoms with van der Waals surface area (Å²) in [5, 5.41) is 8.12. The Morgan fingerprint density at radius 3 is 2.46 bits per heavy atom. The molecule has 1 atom stereocenters. The molecule has 0 fully saturated rings.